The lowest BCUT2D eigenvalue weighted by atomic mass is 10.1. The van der Waals surface area contributed by atoms with Gasteiger partial charge < -0.3 is 14.2 Å². The van der Waals surface area contributed by atoms with Gasteiger partial charge in [0.05, 0.1) is 23.6 Å². The SMILES string of the molecule is O=C(c1ccccc1Br)N(Cc1ccc(N2CCCCC2)o1)C1CCS(=O)(=O)C1. The molecular formula is C21H25BrN2O4S. The second-order valence-corrected chi connectivity index (χ2v) is 10.8. The summed E-state index contributed by atoms with van der Waals surface area (Å²) in [6.45, 7) is 2.22. The summed E-state index contributed by atoms with van der Waals surface area (Å²) in [5.41, 5.74) is 0.527. The van der Waals surface area contributed by atoms with Crippen LogP contribution >= 0.6 is 15.9 Å². The Morgan fingerprint density at radius 1 is 1.14 bits per heavy atom. The smallest absolute Gasteiger partial charge is 0.255 e. The fraction of sp³-hybridized carbons (Fsp3) is 0.476. The van der Waals surface area contributed by atoms with Gasteiger partial charge in [0.1, 0.15) is 5.76 Å². The number of amides is 1. The van der Waals surface area contributed by atoms with Gasteiger partial charge in [0.25, 0.3) is 5.91 Å². The quantitative estimate of drug-likeness (QED) is 0.649. The molecule has 2 aromatic rings. The molecule has 3 heterocycles. The predicted molar refractivity (Wildman–Crippen MR) is 116 cm³/mol. The van der Waals surface area contributed by atoms with Crippen molar-refractivity contribution in [2.75, 3.05) is 29.5 Å². The van der Waals surface area contributed by atoms with Crippen LogP contribution in [0, 0.1) is 0 Å². The van der Waals surface area contributed by atoms with Gasteiger partial charge in [-0.25, -0.2) is 8.42 Å². The van der Waals surface area contributed by atoms with Crippen LogP contribution in [-0.2, 0) is 16.4 Å². The Hall–Kier alpha value is -1.80. The van der Waals surface area contributed by atoms with E-state index in [0.717, 1.165) is 31.8 Å². The summed E-state index contributed by atoms with van der Waals surface area (Å²) in [5.74, 6) is 1.44. The Labute approximate surface area is 179 Å². The van der Waals surface area contributed by atoms with Crippen LogP contribution in [0.3, 0.4) is 0 Å². The van der Waals surface area contributed by atoms with Gasteiger partial charge in [0, 0.05) is 29.7 Å². The van der Waals surface area contributed by atoms with Gasteiger partial charge in [0.15, 0.2) is 15.7 Å². The molecular weight excluding hydrogens is 456 g/mol. The first kappa shape index (κ1) is 20.5. The molecule has 2 aliphatic heterocycles. The number of carbonyl (C=O) groups is 1. The van der Waals surface area contributed by atoms with Gasteiger partial charge in [-0.3, -0.25) is 4.79 Å². The topological polar surface area (TPSA) is 70.8 Å². The Kier molecular flexibility index (Phi) is 6.01. The molecule has 2 fully saturated rings. The first-order chi connectivity index (χ1) is 13.9. The van der Waals surface area contributed by atoms with Crippen molar-refractivity contribution in [1.29, 1.82) is 0 Å². The van der Waals surface area contributed by atoms with E-state index in [1.165, 1.54) is 6.42 Å². The van der Waals surface area contributed by atoms with Crippen molar-refractivity contribution >= 4 is 37.6 Å². The number of carbonyl (C=O) groups excluding carboxylic acids is 1. The van der Waals surface area contributed by atoms with Crippen LogP contribution < -0.4 is 4.90 Å². The van der Waals surface area contributed by atoms with E-state index in [1.807, 2.05) is 30.3 Å². The monoisotopic (exact) mass is 480 g/mol. The van der Waals surface area contributed by atoms with E-state index in [4.69, 9.17) is 4.42 Å². The van der Waals surface area contributed by atoms with Crippen LogP contribution in [0.5, 0.6) is 0 Å². The Morgan fingerprint density at radius 3 is 2.59 bits per heavy atom. The average Bonchev–Trinajstić information content (AvgIpc) is 3.33. The summed E-state index contributed by atoms with van der Waals surface area (Å²) in [7, 11) is -3.11. The highest BCUT2D eigenvalue weighted by atomic mass is 79.9. The zero-order valence-corrected chi connectivity index (χ0v) is 18.6. The number of anilines is 1. The van der Waals surface area contributed by atoms with Crippen LogP contribution in [0.2, 0.25) is 0 Å². The largest absolute Gasteiger partial charge is 0.444 e. The Morgan fingerprint density at radius 2 is 1.90 bits per heavy atom. The standard InChI is InChI=1S/C21H25BrN2O4S/c22-19-7-3-2-6-18(19)21(25)24(16-10-13-29(26,27)15-16)14-17-8-9-20(28-17)23-11-4-1-5-12-23/h2-3,6-9,16H,1,4-5,10-15H2. The average molecular weight is 481 g/mol. The van der Waals surface area contributed by atoms with Crippen molar-refractivity contribution < 1.29 is 17.6 Å². The van der Waals surface area contributed by atoms with Crippen molar-refractivity contribution in [2.45, 2.75) is 38.3 Å². The number of piperidine rings is 1. The van der Waals surface area contributed by atoms with Crippen LogP contribution in [0.4, 0.5) is 5.88 Å². The minimum Gasteiger partial charge on any atom is -0.444 e. The van der Waals surface area contributed by atoms with E-state index in [0.29, 0.717) is 22.2 Å². The molecule has 1 amide bonds. The van der Waals surface area contributed by atoms with E-state index in [9.17, 15) is 13.2 Å². The highest BCUT2D eigenvalue weighted by Gasteiger charge is 2.36. The van der Waals surface area contributed by atoms with E-state index < -0.39 is 9.84 Å². The minimum atomic E-state index is -3.11. The van der Waals surface area contributed by atoms with Gasteiger partial charge in [0.2, 0.25) is 0 Å². The summed E-state index contributed by atoms with van der Waals surface area (Å²) in [6.07, 6.45) is 4.01. The number of hydrogen-bond acceptors (Lipinski definition) is 5. The first-order valence-electron chi connectivity index (χ1n) is 10.0. The molecule has 29 heavy (non-hydrogen) atoms. The molecule has 156 valence electrons. The molecule has 1 aromatic heterocycles. The molecule has 0 saturated carbocycles. The molecule has 0 aliphatic carbocycles. The molecule has 6 nitrogen and oxygen atoms in total. The number of furan rings is 1. The van der Waals surface area contributed by atoms with E-state index in [-0.39, 0.29) is 30.0 Å². The number of nitrogens with zero attached hydrogens (tertiary/aromatic N) is 2. The fourth-order valence-electron chi connectivity index (χ4n) is 4.08. The molecule has 0 radical (unpaired) electrons. The summed E-state index contributed by atoms with van der Waals surface area (Å²) < 4.78 is 30.9. The van der Waals surface area contributed by atoms with E-state index >= 15 is 0 Å². The van der Waals surface area contributed by atoms with E-state index in [2.05, 4.69) is 20.8 Å². The van der Waals surface area contributed by atoms with Crippen molar-refractivity contribution in [3.8, 4) is 0 Å². The third-order valence-electron chi connectivity index (χ3n) is 5.66. The predicted octanol–water partition coefficient (Wildman–Crippen LogP) is 3.86. The molecule has 1 aromatic carbocycles. The lowest BCUT2D eigenvalue weighted by Gasteiger charge is -2.28. The van der Waals surface area contributed by atoms with Crippen LogP contribution in [0.1, 0.15) is 41.8 Å². The Bertz CT molecular complexity index is 982. The second kappa shape index (κ2) is 8.52. The third kappa shape index (κ3) is 4.69. The normalized spacial score (nSPS) is 21.3. The number of benzene rings is 1. The Balaban J connectivity index is 1.58. The molecule has 1 unspecified atom stereocenters. The lowest BCUT2D eigenvalue weighted by molar-refractivity contribution is 0.0665. The summed E-state index contributed by atoms with van der Waals surface area (Å²) in [6, 6.07) is 10.7. The fourth-order valence-corrected chi connectivity index (χ4v) is 6.27. The number of sulfone groups is 1. The number of hydrogen-bond donors (Lipinski definition) is 0. The van der Waals surface area contributed by atoms with Gasteiger partial charge in [-0.05, 0) is 59.8 Å². The summed E-state index contributed by atoms with van der Waals surface area (Å²) in [4.78, 5) is 17.2. The molecule has 1 atom stereocenters. The zero-order valence-electron chi connectivity index (χ0n) is 16.2. The van der Waals surface area contributed by atoms with Crippen LogP contribution in [0.15, 0.2) is 45.3 Å². The highest BCUT2D eigenvalue weighted by Crippen LogP contribution is 2.28. The molecule has 4 rings (SSSR count). The summed E-state index contributed by atoms with van der Waals surface area (Å²) in [5, 5.41) is 0. The molecule has 8 heteroatoms. The van der Waals surface area contributed by atoms with Crippen molar-refractivity contribution in [1.82, 2.24) is 4.90 Å². The molecule has 2 aliphatic rings. The van der Waals surface area contributed by atoms with Crippen molar-refractivity contribution in [3.63, 3.8) is 0 Å². The molecule has 0 N–H and O–H groups in total. The minimum absolute atomic E-state index is 0.00286. The maximum absolute atomic E-state index is 13.3. The molecule has 0 spiro atoms. The van der Waals surface area contributed by atoms with Crippen molar-refractivity contribution in [3.05, 3.63) is 52.2 Å². The lowest BCUT2D eigenvalue weighted by Crippen LogP contribution is -2.40. The maximum Gasteiger partial charge on any atom is 0.255 e. The van der Waals surface area contributed by atoms with Crippen molar-refractivity contribution in [2.24, 2.45) is 0 Å². The maximum atomic E-state index is 13.3. The number of rotatable bonds is 5. The summed E-state index contributed by atoms with van der Waals surface area (Å²) >= 11 is 3.44. The highest BCUT2D eigenvalue weighted by molar-refractivity contribution is 9.10. The second-order valence-electron chi connectivity index (χ2n) is 7.76. The van der Waals surface area contributed by atoms with Crippen LogP contribution in [-0.4, -0.2) is 49.9 Å². The van der Waals surface area contributed by atoms with Crippen LogP contribution in [0.25, 0.3) is 0 Å². The number of halogens is 1. The van der Waals surface area contributed by atoms with Gasteiger partial charge in [-0.1, -0.05) is 12.1 Å². The molecule has 2 saturated heterocycles. The third-order valence-corrected chi connectivity index (χ3v) is 8.10. The van der Waals surface area contributed by atoms with E-state index in [1.54, 1.807) is 11.0 Å². The van der Waals surface area contributed by atoms with Gasteiger partial charge >= 0.3 is 0 Å². The van der Waals surface area contributed by atoms with Gasteiger partial charge in [-0.15, -0.1) is 0 Å². The molecule has 0 bridgehead atoms. The zero-order chi connectivity index (χ0) is 20.4. The first-order valence-corrected chi connectivity index (χ1v) is 12.6. The van der Waals surface area contributed by atoms with Gasteiger partial charge in [-0.2, -0.15) is 0 Å².